The fraction of sp³-hybridized carbons (Fsp3) is 0.538. The van der Waals surface area contributed by atoms with Gasteiger partial charge in [0.15, 0.2) is 11.6 Å². The predicted octanol–water partition coefficient (Wildman–Crippen LogP) is 3.31. The lowest BCUT2D eigenvalue weighted by Crippen LogP contribution is -2.36. The summed E-state index contributed by atoms with van der Waals surface area (Å²) in [5.74, 6) is -2.00. The molecule has 3 N–H and O–H groups in total. The molecule has 1 fully saturated rings. The van der Waals surface area contributed by atoms with E-state index in [9.17, 15) is 22.7 Å². The maximum atomic E-state index is 13.5. The van der Waals surface area contributed by atoms with Gasteiger partial charge in [-0.15, -0.1) is 25.6 Å². The molecule has 2 atom stereocenters. The molecule has 2 rings (SSSR count). The zero-order chi connectivity index (χ0) is 14.9. The molecule has 1 saturated carbocycles. The molecule has 120 valence electrons. The van der Waals surface area contributed by atoms with Crippen LogP contribution in [0.2, 0.25) is 0 Å². The molecule has 0 amide bonds. The zero-order valence-electron chi connectivity index (χ0n) is 10.9. The number of rotatable bonds is 4. The van der Waals surface area contributed by atoms with E-state index in [0.29, 0.717) is 0 Å². The second-order valence-electron chi connectivity index (χ2n) is 4.95. The molecule has 0 bridgehead atoms. The minimum Gasteiger partial charge on any atom is -0.403 e. The van der Waals surface area contributed by atoms with Crippen molar-refractivity contribution in [2.75, 3.05) is 0 Å². The average Bonchev–Trinajstić information content (AvgIpc) is 2.27. The standard InChI is InChI=1S/C13H15F4NO2.ClH/c14-9-6-8(4-5-10(9)20-13(15,16)17)11(18)12(19)7-2-1-3-7;/h4-7,11-12,19H,1-3,18H2;1H/t11-,12+;/m1./s1. The van der Waals surface area contributed by atoms with Gasteiger partial charge in [-0.05, 0) is 36.5 Å². The molecule has 0 aliphatic heterocycles. The first-order valence-electron chi connectivity index (χ1n) is 6.27. The predicted molar refractivity (Wildman–Crippen MR) is 70.6 cm³/mol. The lowest BCUT2D eigenvalue weighted by atomic mass is 9.77. The van der Waals surface area contributed by atoms with Gasteiger partial charge in [-0.25, -0.2) is 4.39 Å². The van der Waals surface area contributed by atoms with Crippen LogP contribution in [-0.2, 0) is 0 Å². The Morgan fingerprint density at radius 3 is 2.33 bits per heavy atom. The fourth-order valence-corrected chi connectivity index (χ4v) is 2.20. The first kappa shape index (κ1) is 18.0. The number of alkyl halides is 3. The highest BCUT2D eigenvalue weighted by atomic mass is 35.5. The number of halogens is 5. The van der Waals surface area contributed by atoms with Crippen LogP contribution in [0.4, 0.5) is 17.6 Å². The van der Waals surface area contributed by atoms with Crippen molar-refractivity contribution in [3.8, 4) is 5.75 Å². The Hall–Kier alpha value is -1.05. The quantitative estimate of drug-likeness (QED) is 0.833. The van der Waals surface area contributed by atoms with Crippen LogP contribution >= 0.6 is 12.4 Å². The molecular formula is C13H16ClF4NO2. The molecule has 3 nitrogen and oxygen atoms in total. The first-order chi connectivity index (χ1) is 9.28. The van der Waals surface area contributed by atoms with E-state index in [1.54, 1.807) is 0 Å². The van der Waals surface area contributed by atoms with Gasteiger partial charge in [0, 0.05) is 0 Å². The minimum atomic E-state index is -4.95. The number of benzene rings is 1. The Labute approximate surface area is 125 Å². The number of nitrogens with two attached hydrogens (primary N) is 1. The highest BCUT2D eigenvalue weighted by Crippen LogP contribution is 2.35. The summed E-state index contributed by atoms with van der Waals surface area (Å²) in [5, 5.41) is 9.98. The van der Waals surface area contributed by atoms with Crippen LogP contribution < -0.4 is 10.5 Å². The van der Waals surface area contributed by atoms with Crippen LogP contribution in [-0.4, -0.2) is 17.6 Å². The van der Waals surface area contributed by atoms with Crippen LogP contribution in [0.1, 0.15) is 30.9 Å². The van der Waals surface area contributed by atoms with Crippen molar-refractivity contribution < 1.29 is 27.4 Å². The molecule has 0 unspecified atom stereocenters. The van der Waals surface area contributed by atoms with Gasteiger partial charge >= 0.3 is 6.36 Å². The van der Waals surface area contributed by atoms with Crippen molar-refractivity contribution in [2.45, 2.75) is 37.8 Å². The highest BCUT2D eigenvalue weighted by Gasteiger charge is 2.33. The van der Waals surface area contributed by atoms with Gasteiger partial charge in [-0.3, -0.25) is 0 Å². The van der Waals surface area contributed by atoms with Gasteiger partial charge < -0.3 is 15.6 Å². The van der Waals surface area contributed by atoms with Crippen molar-refractivity contribution in [3.63, 3.8) is 0 Å². The lowest BCUT2D eigenvalue weighted by Gasteiger charge is -2.33. The fourth-order valence-electron chi connectivity index (χ4n) is 2.20. The number of aliphatic hydroxyl groups excluding tert-OH is 1. The summed E-state index contributed by atoms with van der Waals surface area (Å²) in [6, 6.07) is 2.14. The van der Waals surface area contributed by atoms with Crippen molar-refractivity contribution in [1.29, 1.82) is 0 Å². The molecule has 1 aliphatic rings. The molecule has 0 aromatic heterocycles. The van der Waals surface area contributed by atoms with Crippen LogP contribution in [0, 0.1) is 11.7 Å². The maximum Gasteiger partial charge on any atom is 0.573 e. The zero-order valence-corrected chi connectivity index (χ0v) is 11.8. The van der Waals surface area contributed by atoms with E-state index < -0.39 is 30.1 Å². The number of ether oxygens (including phenoxy) is 1. The van der Waals surface area contributed by atoms with Crippen LogP contribution in [0.5, 0.6) is 5.75 Å². The number of hydrogen-bond donors (Lipinski definition) is 2. The summed E-state index contributed by atoms with van der Waals surface area (Å²) < 4.78 is 53.1. The van der Waals surface area contributed by atoms with E-state index in [1.165, 1.54) is 6.07 Å². The number of aliphatic hydroxyl groups is 1. The van der Waals surface area contributed by atoms with Crippen molar-refractivity contribution in [3.05, 3.63) is 29.6 Å². The topological polar surface area (TPSA) is 55.5 Å². The van der Waals surface area contributed by atoms with Gasteiger partial charge in [0.1, 0.15) is 0 Å². The lowest BCUT2D eigenvalue weighted by molar-refractivity contribution is -0.275. The minimum absolute atomic E-state index is 0. The molecule has 1 aromatic rings. The summed E-state index contributed by atoms with van der Waals surface area (Å²) in [7, 11) is 0. The van der Waals surface area contributed by atoms with Crippen LogP contribution in [0.15, 0.2) is 18.2 Å². The third-order valence-electron chi connectivity index (χ3n) is 3.57. The smallest absolute Gasteiger partial charge is 0.403 e. The van der Waals surface area contributed by atoms with Gasteiger partial charge in [0.2, 0.25) is 0 Å². The second-order valence-corrected chi connectivity index (χ2v) is 4.95. The third kappa shape index (κ3) is 4.46. The monoisotopic (exact) mass is 329 g/mol. The molecule has 1 aromatic carbocycles. The third-order valence-corrected chi connectivity index (χ3v) is 3.57. The molecule has 0 radical (unpaired) electrons. The van der Waals surface area contributed by atoms with E-state index in [4.69, 9.17) is 5.73 Å². The Bertz CT molecular complexity index is 480. The molecule has 0 heterocycles. The molecule has 21 heavy (non-hydrogen) atoms. The summed E-state index contributed by atoms with van der Waals surface area (Å²) in [6.45, 7) is 0. The molecule has 8 heteroatoms. The Balaban J connectivity index is 0.00000220. The van der Waals surface area contributed by atoms with Crippen LogP contribution in [0.3, 0.4) is 0 Å². The average molecular weight is 330 g/mol. The van der Waals surface area contributed by atoms with Crippen LogP contribution in [0.25, 0.3) is 0 Å². The molecule has 0 spiro atoms. The second kappa shape index (κ2) is 6.81. The van der Waals surface area contributed by atoms with Gasteiger partial charge in [0.05, 0.1) is 12.1 Å². The van der Waals surface area contributed by atoms with Gasteiger partial charge in [-0.2, -0.15) is 0 Å². The Morgan fingerprint density at radius 1 is 1.29 bits per heavy atom. The summed E-state index contributed by atoms with van der Waals surface area (Å²) in [4.78, 5) is 0. The van der Waals surface area contributed by atoms with Crippen molar-refractivity contribution >= 4 is 12.4 Å². The molecule has 0 saturated heterocycles. The highest BCUT2D eigenvalue weighted by molar-refractivity contribution is 5.85. The first-order valence-corrected chi connectivity index (χ1v) is 6.27. The number of hydrogen-bond acceptors (Lipinski definition) is 3. The molecule has 1 aliphatic carbocycles. The Kier molecular flexibility index (Phi) is 5.83. The van der Waals surface area contributed by atoms with Crippen molar-refractivity contribution in [2.24, 2.45) is 11.7 Å². The largest absolute Gasteiger partial charge is 0.573 e. The molecular weight excluding hydrogens is 314 g/mol. The van der Waals surface area contributed by atoms with E-state index in [0.717, 1.165) is 31.4 Å². The summed E-state index contributed by atoms with van der Waals surface area (Å²) >= 11 is 0. The van der Waals surface area contributed by atoms with E-state index in [1.807, 2.05) is 0 Å². The normalized spacial score (nSPS) is 18.4. The SMILES string of the molecule is Cl.N[C@H](c1ccc(OC(F)(F)F)c(F)c1)[C@@H](O)C1CCC1. The Morgan fingerprint density at radius 2 is 1.90 bits per heavy atom. The maximum absolute atomic E-state index is 13.5. The van der Waals surface area contributed by atoms with Gasteiger partial charge in [-0.1, -0.05) is 12.5 Å². The van der Waals surface area contributed by atoms with Gasteiger partial charge in [0.25, 0.3) is 0 Å². The van der Waals surface area contributed by atoms with E-state index >= 15 is 0 Å². The van der Waals surface area contributed by atoms with E-state index in [2.05, 4.69) is 4.74 Å². The summed E-state index contributed by atoms with van der Waals surface area (Å²) in [6.07, 6.45) is -3.05. The van der Waals surface area contributed by atoms with E-state index in [-0.39, 0.29) is 23.9 Å². The summed E-state index contributed by atoms with van der Waals surface area (Å²) in [5.41, 5.74) is 6.06. The van der Waals surface area contributed by atoms with Crippen molar-refractivity contribution in [1.82, 2.24) is 0 Å².